The molecule has 1 aliphatic heterocycles. The van der Waals surface area contributed by atoms with Crippen molar-refractivity contribution in [3.05, 3.63) is 0 Å². The topological polar surface area (TPSA) is 73.4 Å². The number of amides is 1. The van der Waals surface area contributed by atoms with Gasteiger partial charge in [0.05, 0.1) is 6.07 Å². The predicted octanol–water partition coefficient (Wildman–Crippen LogP) is 0.809. The molecule has 20 heavy (non-hydrogen) atoms. The Morgan fingerprint density at radius 2 is 1.80 bits per heavy atom. The summed E-state index contributed by atoms with van der Waals surface area (Å²) in [6.07, 6.45) is 4.81. The van der Waals surface area contributed by atoms with Gasteiger partial charge in [-0.3, -0.25) is 9.69 Å². The molecule has 0 aromatic heterocycles. The Hall–Kier alpha value is -1.12. The summed E-state index contributed by atoms with van der Waals surface area (Å²) in [4.78, 5) is 16.8. The van der Waals surface area contributed by atoms with Crippen molar-refractivity contribution in [1.82, 2.24) is 9.80 Å². The van der Waals surface area contributed by atoms with Crippen LogP contribution in [0, 0.1) is 23.2 Å². The summed E-state index contributed by atoms with van der Waals surface area (Å²) in [6, 6.07) is 2.18. The third-order valence-corrected chi connectivity index (χ3v) is 4.75. The van der Waals surface area contributed by atoms with Gasteiger partial charge in [-0.2, -0.15) is 5.26 Å². The lowest BCUT2D eigenvalue weighted by atomic mass is 9.81. The minimum Gasteiger partial charge on any atom is -0.340 e. The smallest absolute Gasteiger partial charge is 0.225 e. The van der Waals surface area contributed by atoms with Gasteiger partial charge in [-0.05, 0) is 38.1 Å². The SMILES string of the molecule is N#CCCN1CCN(C(=O)C2CCC(CN)CC2)CC1. The van der Waals surface area contributed by atoms with Crippen LogP contribution in [-0.4, -0.2) is 55.0 Å². The van der Waals surface area contributed by atoms with Gasteiger partial charge in [0.25, 0.3) is 0 Å². The molecule has 2 aliphatic rings. The van der Waals surface area contributed by atoms with Crippen molar-refractivity contribution in [2.75, 3.05) is 39.3 Å². The number of nitrogens with two attached hydrogens (primary N) is 1. The highest BCUT2D eigenvalue weighted by molar-refractivity contribution is 5.79. The zero-order valence-electron chi connectivity index (χ0n) is 12.3. The van der Waals surface area contributed by atoms with Crippen LogP contribution in [-0.2, 0) is 4.79 Å². The number of hydrogen-bond acceptors (Lipinski definition) is 4. The van der Waals surface area contributed by atoms with Crippen LogP contribution in [0.4, 0.5) is 0 Å². The van der Waals surface area contributed by atoms with E-state index in [2.05, 4.69) is 11.0 Å². The highest BCUT2D eigenvalue weighted by atomic mass is 16.2. The average Bonchev–Trinajstić information content (AvgIpc) is 2.53. The predicted molar refractivity (Wildman–Crippen MR) is 77.8 cm³/mol. The fraction of sp³-hybridized carbons (Fsp3) is 0.867. The molecule has 1 aliphatic carbocycles. The monoisotopic (exact) mass is 278 g/mol. The molecule has 0 aromatic rings. The van der Waals surface area contributed by atoms with Gasteiger partial charge in [0.2, 0.25) is 5.91 Å². The molecule has 0 bridgehead atoms. The molecule has 2 N–H and O–H groups in total. The molecule has 1 saturated carbocycles. The maximum Gasteiger partial charge on any atom is 0.225 e. The second-order valence-electron chi connectivity index (χ2n) is 6.03. The fourth-order valence-electron chi connectivity index (χ4n) is 3.30. The van der Waals surface area contributed by atoms with Gasteiger partial charge < -0.3 is 10.6 Å². The summed E-state index contributed by atoms with van der Waals surface area (Å²) in [7, 11) is 0. The number of piperazine rings is 1. The van der Waals surface area contributed by atoms with E-state index in [1.807, 2.05) is 4.90 Å². The summed E-state index contributed by atoms with van der Waals surface area (Å²) < 4.78 is 0. The van der Waals surface area contributed by atoms with Crippen molar-refractivity contribution >= 4 is 5.91 Å². The van der Waals surface area contributed by atoms with Crippen molar-refractivity contribution in [3.63, 3.8) is 0 Å². The Morgan fingerprint density at radius 1 is 1.15 bits per heavy atom. The molecule has 2 fully saturated rings. The molecule has 0 spiro atoms. The van der Waals surface area contributed by atoms with E-state index in [1.165, 1.54) is 0 Å². The van der Waals surface area contributed by atoms with E-state index in [1.54, 1.807) is 0 Å². The second kappa shape index (κ2) is 7.61. The average molecular weight is 278 g/mol. The summed E-state index contributed by atoms with van der Waals surface area (Å²) in [5, 5.41) is 8.60. The van der Waals surface area contributed by atoms with E-state index in [0.29, 0.717) is 18.2 Å². The van der Waals surface area contributed by atoms with Gasteiger partial charge >= 0.3 is 0 Å². The Morgan fingerprint density at radius 3 is 2.35 bits per heavy atom. The molecule has 1 saturated heterocycles. The minimum absolute atomic E-state index is 0.225. The highest BCUT2D eigenvalue weighted by Crippen LogP contribution is 2.29. The van der Waals surface area contributed by atoms with Crippen LogP contribution >= 0.6 is 0 Å². The Labute approximate surface area is 121 Å². The number of carbonyl (C=O) groups is 1. The van der Waals surface area contributed by atoms with Crippen molar-refractivity contribution in [2.24, 2.45) is 17.6 Å². The highest BCUT2D eigenvalue weighted by Gasteiger charge is 2.30. The lowest BCUT2D eigenvalue weighted by Crippen LogP contribution is -2.50. The third-order valence-electron chi connectivity index (χ3n) is 4.75. The summed E-state index contributed by atoms with van der Waals surface area (Å²) in [5.74, 6) is 1.20. The van der Waals surface area contributed by atoms with Crippen LogP contribution in [0.15, 0.2) is 0 Å². The van der Waals surface area contributed by atoms with Crippen LogP contribution in [0.2, 0.25) is 0 Å². The van der Waals surface area contributed by atoms with Gasteiger partial charge in [0.1, 0.15) is 0 Å². The molecule has 5 nitrogen and oxygen atoms in total. The maximum absolute atomic E-state index is 12.5. The Balaban J connectivity index is 1.73. The van der Waals surface area contributed by atoms with Gasteiger partial charge in [-0.25, -0.2) is 0 Å². The van der Waals surface area contributed by atoms with E-state index < -0.39 is 0 Å². The number of rotatable bonds is 4. The first-order chi connectivity index (χ1) is 9.74. The van der Waals surface area contributed by atoms with Crippen LogP contribution in [0.5, 0.6) is 0 Å². The van der Waals surface area contributed by atoms with Crippen molar-refractivity contribution in [1.29, 1.82) is 5.26 Å². The minimum atomic E-state index is 0.225. The third kappa shape index (κ3) is 3.94. The van der Waals surface area contributed by atoms with Crippen LogP contribution in [0.3, 0.4) is 0 Å². The van der Waals surface area contributed by atoms with E-state index in [4.69, 9.17) is 11.0 Å². The molecule has 5 heteroatoms. The van der Waals surface area contributed by atoms with E-state index in [0.717, 1.165) is 65.0 Å². The summed E-state index contributed by atoms with van der Waals surface area (Å²) in [5.41, 5.74) is 5.70. The molecular formula is C15H26N4O. The lowest BCUT2D eigenvalue weighted by molar-refractivity contribution is -0.138. The number of nitrogens with zero attached hydrogens (tertiary/aromatic N) is 3. The van der Waals surface area contributed by atoms with Crippen molar-refractivity contribution in [2.45, 2.75) is 32.1 Å². The molecule has 0 atom stereocenters. The molecule has 1 amide bonds. The number of hydrogen-bond donors (Lipinski definition) is 1. The lowest BCUT2D eigenvalue weighted by Gasteiger charge is -2.37. The van der Waals surface area contributed by atoms with Crippen molar-refractivity contribution in [3.8, 4) is 6.07 Å². The Bertz CT molecular complexity index is 349. The molecule has 0 aromatic carbocycles. The fourth-order valence-corrected chi connectivity index (χ4v) is 3.30. The largest absolute Gasteiger partial charge is 0.340 e. The zero-order valence-corrected chi connectivity index (χ0v) is 12.3. The van der Waals surface area contributed by atoms with Crippen LogP contribution in [0.1, 0.15) is 32.1 Å². The first kappa shape index (κ1) is 15.3. The quantitative estimate of drug-likeness (QED) is 0.826. The van der Waals surface area contributed by atoms with Crippen molar-refractivity contribution < 1.29 is 4.79 Å². The normalized spacial score (nSPS) is 28.1. The molecule has 0 radical (unpaired) electrons. The summed E-state index contributed by atoms with van der Waals surface area (Å²) in [6.45, 7) is 5.05. The van der Waals surface area contributed by atoms with Crippen LogP contribution in [0.25, 0.3) is 0 Å². The number of nitriles is 1. The first-order valence-corrected chi connectivity index (χ1v) is 7.82. The second-order valence-corrected chi connectivity index (χ2v) is 6.03. The molecule has 2 rings (SSSR count). The Kier molecular flexibility index (Phi) is 5.81. The van der Waals surface area contributed by atoms with Gasteiger partial charge in [-0.1, -0.05) is 0 Å². The van der Waals surface area contributed by atoms with E-state index >= 15 is 0 Å². The standard InChI is InChI=1S/C15H26N4O/c16-6-1-7-18-8-10-19(11-9-18)15(20)14-4-2-13(12-17)3-5-14/h13-14H,1-5,7-12,17H2. The number of carbonyl (C=O) groups excluding carboxylic acids is 1. The van der Waals surface area contributed by atoms with Gasteiger partial charge in [0, 0.05) is 45.1 Å². The van der Waals surface area contributed by atoms with Crippen LogP contribution < -0.4 is 5.73 Å². The van der Waals surface area contributed by atoms with Gasteiger partial charge in [0.15, 0.2) is 0 Å². The zero-order chi connectivity index (χ0) is 14.4. The molecular weight excluding hydrogens is 252 g/mol. The molecule has 112 valence electrons. The maximum atomic E-state index is 12.5. The molecule has 1 heterocycles. The van der Waals surface area contributed by atoms with Gasteiger partial charge in [-0.15, -0.1) is 0 Å². The molecule has 0 unspecified atom stereocenters. The van der Waals surface area contributed by atoms with E-state index in [9.17, 15) is 4.79 Å². The summed E-state index contributed by atoms with van der Waals surface area (Å²) >= 11 is 0. The van der Waals surface area contributed by atoms with E-state index in [-0.39, 0.29) is 5.92 Å². The first-order valence-electron chi connectivity index (χ1n) is 7.82.